The SMILES string of the molecule is C=CCOC12Oc3ccc(OCc4cccc(C)n4)cc3C3C(CCCCO)C(CCCCO)C=C(C(=NOCc4ccc([N+](=O)[O-])cc4)CC1N(CCC)C(=O)CCC1CCCC1)C32. The molecule has 65 heavy (non-hydrogen) atoms. The van der Waals surface area contributed by atoms with Crippen LogP contribution in [0.2, 0.25) is 0 Å². The molecular weight excluding hydrogens is 825 g/mol. The highest BCUT2D eigenvalue weighted by atomic mass is 16.7. The highest BCUT2D eigenvalue weighted by molar-refractivity contribution is 6.03. The van der Waals surface area contributed by atoms with Crippen LogP contribution >= 0.6 is 0 Å². The number of aliphatic hydroxyl groups excluding tert-OH is 2. The fourth-order valence-corrected chi connectivity index (χ4v) is 10.9. The van der Waals surface area contributed by atoms with Crippen LogP contribution in [0.5, 0.6) is 11.5 Å². The van der Waals surface area contributed by atoms with Gasteiger partial charge in [-0.1, -0.05) is 68.8 Å². The first-order chi connectivity index (χ1) is 31.7. The summed E-state index contributed by atoms with van der Waals surface area (Å²) in [6.07, 6.45) is 15.7. The molecular formula is C52H68N4O9. The highest BCUT2D eigenvalue weighted by Crippen LogP contribution is 2.62. The third-order valence-corrected chi connectivity index (χ3v) is 13.9. The molecule has 6 unspecified atom stereocenters. The van der Waals surface area contributed by atoms with E-state index in [4.69, 9.17) is 24.2 Å². The first-order valence-corrected chi connectivity index (χ1v) is 24.0. The summed E-state index contributed by atoms with van der Waals surface area (Å²) in [5, 5.41) is 36.3. The van der Waals surface area contributed by atoms with E-state index >= 15 is 0 Å². The number of rotatable bonds is 24. The molecule has 2 fully saturated rings. The van der Waals surface area contributed by atoms with Crippen molar-refractivity contribution >= 4 is 17.3 Å². The molecule has 1 aromatic heterocycles. The Balaban J connectivity index is 1.38. The minimum absolute atomic E-state index is 0.00295. The molecule has 6 atom stereocenters. The van der Waals surface area contributed by atoms with Gasteiger partial charge in [-0.15, -0.1) is 6.58 Å². The van der Waals surface area contributed by atoms with Gasteiger partial charge in [0.25, 0.3) is 5.69 Å². The molecule has 350 valence electrons. The van der Waals surface area contributed by atoms with Gasteiger partial charge in [0.2, 0.25) is 11.7 Å². The van der Waals surface area contributed by atoms with E-state index in [9.17, 15) is 25.1 Å². The Labute approximate surface area is 384 Å². The van der Waals surface area contributed by atoms with Crippen LogP contribution in [0.4, 0.5) is 5.69 Å². The number of aliphatic hydroxyl groups is 2. The predicted octanol–water partition coefficient (Wildman–Crippen LogP) is 9.92. The number of hydrogen-bond acceptors (Lipinski definition) is 11. The van der Waals surface area contributed by atoms with Gasteiger partial charge < -0.3 is 34.2 Å². The number of nitro groups is 1. The van der Waals surface area contributed by atoms with Crippen molar-refractivity contribution < 1.29 is 39.0 Å². The van der Waals surface area contributed by atoms with Crippen LogP contribution in [0.1, 0.15) is 125 Å². The van der Waals surface area contributed by atoms with Crippen molar-refractivity contribution in [3.05, 3.63) is 118 Å². The minimum atomic E-state index is -1.34. The molecule has 4 aliphatic rings. The smallest absolute Gasteiger partial charge is 0.269 e. The Morgan fingerprint density at radius 3 is 2.51 bits per heavy atom. The lowest BCUT2D eigenvalue weighted by atomic mass is 9.55. The number of non-ortho nitro benzene ring substituents is 1. The Morgan fingerprint density at radius 1 is 1.03 bits per heavy atom. The molecule has 2 heterocycles. The van der Waals surface area contributed by atoms with Gasteiger partial charge in [0.05, 0.1) is 28.9 Å². The molecule has 2 N–H and O–H groups in total. The summed E-state index contributed by atoms with van der Waals surface area (Å²) < 4.78 is 21.1. The van der Waals surface area contributed by atoms with E-state index in [0.717, 1.165) is 79.5 Å². The number of nitrogens with zero attached hydrogens (tertiary/aromatic N) is 4. The Kier molecular flexibility index (Phi) is 16.8. The lowest BCUT2D eigenvalue weighted by Crippen LogP contribution is -2.70. The number of nitro benzene ring substituents is 1. The second-order valence-electron chi connectivity index (χ2n) is 18.3. The number of carbonyl (C=O) groups excluding carboxylic acids is 1. The number of benzene rings is 2. The minimum Gasteiger partial charge on any atom is -0.487 e. The van der Waals surface area contributed by atoms with Crippen LogP contribution in [0.25, 0.3) is 0 Å². The number of fused-ring (bicyclic) bond motifs is 2. The van der Waals surface area contributed by atoms with Gasteiger partial charge in [-0.25, -0.2) is 0 Å². The summed E-state index contributed by atoms with van der Waals surface area (Å²) in [7, 11) is 0. The Bertz CT molecular complexity index is 2140. The summed E-state index contributed by atoms with van der Waals surface area (Å²) in [6.45, 7) is 9.37. The molecule has 0 radical (unpaired) electrons. The van der Waals surface area contributed by atoms with E-state index in [1.165, 1.54) is 25.0 Å². The summed E-state index contributed by atoms with van der Waals surface area (Å²) in [4.78, 5) is 38.7. The van der Waals surface area contributed by atoms with Gasteiger partial charge in [-0.2, -0.15) is 0 Å². The average Bonchev–Trinajstić information content (AvgIpc) is 3.84. The third kappa shape index (κ3) is 11.3. The van der Waals surface area contributed by atoms with Gasteiger partial charge in [0, 0.05) is 61.9 Å². The molecule has 2 aromatic carbocycles. The van der Waals surface area contributed by atoms with Crippen LogP contribution in [-0.2, 0) is 27.6 Å². The zero-order valence-electron chi connectivity index (χ0n) is 38.3. The summed E-state index contributed by atoms with van der Waals surface area (Å²) >= 11 is 0. The molecule has 13 nitrogen and oxygen atoms in total. The highest BCUT2D eigenvalue weighted by Gasteiger charge is 2.65. The second-order valence-corrected chi connectivity index (χ2v) is 18.3. The normalized spacial score (nSPS) is 24.1. The lowest BCUT2D eigenvalue weighted by Gasteiger charge is -2.60. The van der Waals surface area contributed by atoms with E-state index in [0.29, 0.717) is 55.4 Å². The van der Waals surface area contributed by atoms with Gasteiger partial charge in [-0.3, -0.25) is 19.9 Å². The molecule has 7 rings (SSSR count). The van der Waals surface area contributed by atoms with Crippen LogP contribution in [0, 0.1) is 40.7 Å². The van der Waals surface area contributed by atoms with Crippen molar-refractivity contribution in [3.63, 3.8) is 0 Å². The van der Waals surface area contributed by atoms with E-state index in [1.54, 1.807) is 18.2 Å². The summed E-state index contributed by atoms with van der Waals surface area (Å²) in [6, 6.07) is 17.6. The predicted molar refractivity (Wildman–Crippen MR) is 249 cm³/mol. The molecule has 1 aliphatic heterocycles. The number of aromatic nitrogens is 1. The maximum atomic E-state index is 14.8. The molecule has 1 amide bonds. The van der Waals surface area contributed by atoms with Gasteiger partial charge >= 0.3 is 0 Å². The van der Waals surface area contributed by atoms with E-state index < -0.39 is 22.7 Å². The number of carbonyl (C=O) groups is 1. The second kappa shape index (κ2) is 22.9. The number of aryl methyl sites for hydroxylation is 1. The van der Waals surface area contributed by atoms with Crippen molar-refractivity contribution in [1.82, 2.24) is 9.88 Å². The van der Waals surface area contributed by atoms with E-state index in [1.807, 2.05) is 42.2 Å². The quantitative estimate of drug-likeness (QED) is 0.0383. The topological polar surface area (TPSA) is 166 Å². The molecule has 3 aliphatic carbocycles. The van der Waals surface area contributed by atoms with E-state index in [-0.39, 0.29) is 62.4 Å². The number of allylic oxidation sites excluding steroid dienone is 1. The van der Waals surface area contributed by atoms with Gasteiger partial charge in [0.1, 0.15) is 30.8 Å². The van der Waals surface area contributed by atoms with Crippen molar-refractivity contribution in [1.29, 1.82) is 0 Å². The largest absolute Gasteiger partial charge is 0.487 e. The van der Waals surface area contributed by atoms with Crippen LogP contribution in [0.3, 0.4) is 0 Å². The zero-order chi connectivity index (χ0) is 45.8. The summed E-state index contributed by atoms with van der Waals surface area (Å²) in [5.74, 6) is 0.120. The first kappa shape index (κ1) is 47.8. The van der Waals surface area contributed by atoms with Crippen molar-refractivity contribution in [2.24, 2.45) is 28.8 Å². The monoisotopic (exact) mass is 892 g/mol. The Morgan fingerprint density at radius 2 is 1.80 bits per heavy atom. The summed E-state index contributed by atoms with van der Waals surface area (Å²) in [5.41, 5.74) is 5.10. The van der Waals surface area contributed by atoms with Crippen molar-refractivity contribution in [2.75, 3.05) is 26.4 Å². The molecule has 0 spiro atoms. The molecule has 13 heteroatoms. The number of oxime groups is 1. The molecule has 0 bridgehead atoms. The number of unbranched alkanes of at least 4 members (excludes halogenated alkanes) is 2. The van der Waals surface area contributed by atoms with E-state index in [2.05, 4.69) is 30.6 Å². The average molecular weight is 893 g/mol. The fraction of sp³-hybridized carbons (Fsp3) is 0.558. The number of hydrogen-bond donors (Lipinski definition) is 2. The number of amides is 1. The fourth-order valence-electron chi connectivity index (χ4n) is 10.9. The molecule has 2 saturated carbocycles. The zero-order valence-corrected chi connectivity index (χ0v) is 38.3. The maximum Gasteiger partial charge on any atom is 0.269 e. The third-order valence-electron chi connectivity index (χ3n) is 13.9. The lowest BCUT2D eigenvalue weighted by molar-refractivity contribution is -0.384. The Hall–Kier alpha value is -5.11. The van der Waals surface area contributed by atoms with Crippen LogP contribution < -0.4 is 9.47 Å². The number of ether oxygens (including phenoxy) is 3. The molecule has 0 saturated heterocycles. The van der Waals surface area contributed by atoms with Gasteiger partial charge in [-0.05, 0) is 117 Å². The first-order valence-electron chi connectivity index (χ1n) is 24.0. The van der Waals surface area contributed by atoms with Gasteiger partial charge in [0.15, 0.2) is 0 Å². The van der Waals surface area contributed by atoms with Crippen LogP contribution in [0.15, 0.2) is 90.1 Å². The van der Waals surface area contributed by atoms with Crippen molar-refractivity contribution in [2.45, 2.75) is 135 Å². The van der Waals surface area contributed by atoms with Crippen LogP contribution in [-0.4, -0.2) is 74.8 Å². The number of pyridine rings is 1. The standard InChI is InChI=1S/C52H68N4O9/c1-4-27-55(49(59)26-21-37-14-6-7-15-37)48-33-46(54-64-34-38-19-22-41(23-20-38)56(60)61)44-31-39(16-8-10-28-57)43(18-9-11-29-58)50-45-32-42(62-35-40-17-12-13-36(3)53-40)24-25-47(45)65-52(48,51(44)50)63-30-5-2/h5,12-13,17,19-20,22-25,31-32,37,39,43,48,50-51,57-58H,2,4,6-11,14-16,18,21,26-30,33-35H2,1,3H3. The van der Waals surface area contributed by atoms with Crippen molar-refractivity contribution in [3.8, 4) is 11.5 Å². The maximum absolute atomic E-state index is 14.8. The molecule has 3 aromatic rings.